The van der Waals surface area contributed by atoms with Crippen molar-refractivity contribution < 1.29 is 19.4 Å². The molecule has 1 heterocycles. The van der Waals surface area contributed by atoms with E-state index in [-0.39, 0.29) is 12.2 Å². The molecule has 5 nitrogen and oxygen atoms in total. The lowest BCUT2D eigenvalue weighted by atomic mass is 9.88. The van der Waals surface area contributed by atoms with Crippen LogP contribution in [0.3, 0.4) is 0 Å². The van der Waals surface area contributed by atoms with E-state index in [2.05, 4.69) is 21.2 Å². The highest BCUT2D eigenvalue weighted by Gasteiger charge is 2.47. The molecule has 3 rings (SSSR count). The van der Waals surface area contributed by atoms with Gasteiger partial charge in [-0.1, -0.05) is 28.1 Å². The molecule has 2 N–H and O–H groups in total. The molecule has 1 atom stereocenters. The van der Waals surface area contributed by atoms with Crippen molar-refractivity contribution in [3.63, 3.8) is 0 Å². The Balaban J connectivity index is 1.94. The standard InChI is InChI=1S/C17H14BrNO4/c1-23-12-6-7-14-13(8-12)17(22,16(21)19-14)9-15(20)10-2-4-11(18)5-3-10/h2-8,22H,9H2,1H3,(H,19,21)/t17-/m0/s1. The first-order valence-electron chi connectivity index (χ1n) is 6.95. The Morgan fingerprint density at radius 1 is 1.26 bits per heavy atom. The Morgan fingerprint density at radius 3 is 2.61 bits per heavy atom. The number of ether oxygens (including phenoxy) is 1. The first-order chi connectivity index (χ1) is 10.9. The van der Waals surface area contributed by atoms with E-state index in [4.69, 9.17) is 4.74 Å². The lowest BCUT2D eigenvalue weighted by Gasteiger charge is -2.20. The maximum Gasteiger partial charge on any atom is 0.261 e. The van der Waals surface area contributed by atoms with E-state index >= 15 is 0 Å². The number of aliphatic hydroxyl groups is 1. The summed E-state index contributed by atoms with van der Waals surface area (Å²) >= 11 is 3.30. The number of halogens is 1. The van der Waals surface area contributed by atoms with Crippen LogP contribution in [0.5, 0.6) is 5.75 Å². The van der Waals surface area contributed by atoms with Gasteiger partial charge in [0.15, 0.2) is 11.4 Å². The van der Waals surface area contributed by atoms with Gasteiger partial charge in [0.25, 0.3) is 5.91 Å². The van der Waals surface area contributed by atoms with Crippen molar-refractivity contribution in [2.75, 3.05) is 12.4 Å². The summed E-state index contributed by atoms with van der Waals surface area (Å²) in [6.07, 6.45) is -0.333. The predicted octanol–water partition coefficient (Wildman–Crippen LogP) is 2.87. The molecule has 1 amide bonds. The van der Waals surface area contributed by atoms with Gasteiger partial charge >= 0.3 is 0 Å². The van der Waals surface area contributed by atoms with Gasteiger partial charge in [-0.2, -0.15) is 0 Å². The van der Waals surface area contributed by atoms with Gasteiger partial charge in [0.05, 0.1) is 13.5 Å². The number of hydrogen-bond donors (Lipinski definition) is 2. The number of rotatable bonds is 4. The third-order valence-corrected chi connectivity index (χ3v) is 4.41. The number of fused-ring (bicyclic) bond motifs is 1. The molecule has 2 aromatic carbocycles. The molecule has 0 saturated carbocycles. The number of nitrogens with one attached hydrogen (secondary N) is 1. The summed E-state index contributed by atoms with van der Waals surface area (Å²) in [4.78, 5) is 24.7. The van der Waals surface area contributed by atoms with Crippen LogP contribution >= 0.6 is 15.9 Å². The Morgan fingerprint density at radius 2 is 1.96 bits per heavy atom. The largest absolute Gasteiger partial charge is 0.497 e. The van der Waals surface area contributed by atoms with Crippen molar-refractivity contribution in [2.45, 2.75) is 12.0 Å². The topological polar surface area (TPSA) is 75.6 Å². The maximum atomic E-state index is 12.4. The van der Waals surface area contributed by atoms with Crippen LogP contribution in [0.15, 0.2) is 46.9 Å². The number of carbonyl (C=O) groups excluding carboxylic acids is 2. The van der Waals surface area contributed by atoms with Crippen molar-refractivity contribution in [1.82, 2.24) is 0 Å². The number of hydrogen-bond acceptors (Lipinski definition) is 4. The fourth-order valence-corrected chi connectivity index (χ4v) is 2.86. The first kappa shape index (κ1) is 15.7. The molecule has 0 unspecified atom stereocenters. The number of carbonyl (C=O) groups is 2. The molecule has 0 saturated heterocycles. The van der Waals surface area contributed by atoms with Gasteiger partial charge in [-0.05, 0) is 30.3 Å². The summed E-state index contributed by atoms with van der Waals surface area (Å²) in [5.74, 6) is -0.410. The van der Waals surface area contributed by atoms with Crippen LogP contribution in [0.4, 0.5) is 5.69 Å². The van der Waals surface area contributed by atoms with Gasteiger partial charge in [-0.3, -0.25) is 9.59 Å². The van der Waals surface area contributed by atoms with Crippen LogP contribution in [-0.2, 0) is 10.4 Å². The van der Waals surface area contributed by atoms with E-state index in [1.54, 1.807) is 42.5 Å². The fraction of sp³-hybridized carbons (Fsp3) is 0.176. The summed E-state index contributed by atoms with van der Waals surface area (Å²) in [5, 5.41) is 13.4. The summed E-state index contributed by atoms with van der Waals surface area (Å²) in [7, 11) is 1.50. The van der Waals surface area contributed by atoms with Crippen LogP contribution in [0.2, 0.25) is 0 Å². The first-order valence-corrected chi connectivity index (χ1v) is 7.74. The molecule has 0 radical (unpaired) electrons. The number of amides is 1. The van der Waals surface area contributed by atoms with E-state index in [0.29, 0.717) is 22.6 Å². The minimum atomic E-state index is -1.89. The fourth-order valence-electron chi connectivity index (χ4n) is 2.60. The van der Waals surface area contributed by atoms with E-state index < -0.39 is 11.5 Å². The molecular weight excluding hydrogens is 362 g/mol. The number of Topliss-reactive ketones (excluding diaryl/α,β-unsaturated/α-hetero) is 1. The Bertz CT molecular complexity index is 788. The average Bonchev–Trinajstić information content (AvgIpc) is 2.78. The lowest BCUT2D eigenvalue weighted by molar-refractivity contribution is -0.133. The number of methoxy groups -OCH3 is 1. The minimum absolute atomic E-state index is 0.314. The van der Waals surface area contributed by atoms with E-state index in [9.17, 15) is 14.7 Å². The monoisotopic (exact) mass is 375 g/mol. The number of anilines is 1. The highest BCUT2D eigenvalue weighted by atomic mass is 79.9. The van der Waals surface area contributed by atoms with Crippen molar-refractivity contribution in [2.24, 2.45) is 0 Å². The smallest absolute Gasteiger partial charge is 0.261 e. The molecule has 0 aromatic heterocycles. The van der Waals surface area contributed by atoms with Crippen molar-refractivity contribution in [3.05, 3.63) is 58.1 Å². The zero-order valence-corrected chi connectivity index (χ0v) is 13.9. The lowest BCUT2D eigenvalue weighted by Crippen LogP contribution is -2.36. The third-order valence-electron chi connectivity index (χ3n) is 3.88. The van der Waals surface area contributed by atoms with Crippen molar-refractivity contribution >= 4 is 33.3 Å². The number of benzene rings is 2. The Hall–Kier alpha value is -2.18. The molecule has 0 bridgehead atoms. The van der Waals surface area contributed by atoms with Crippen LogP contribution in [-0.4, -0.2) is 23.9 Å². The zero-order chi connectivity index (χ0) is 16.6. The van der Waals surface area contributed by atoms with Crippen LogP contribution < -0.4 is 10.1 Å². The van der Waals surface area contributed by atoms with Gasteiger partial charge in [-0.25, -0.2) is 0 Å². The van der Waals surface area contributed by atoms with Crippen molar-refractivity contribution in [1.29, 1.82) is 0 Å². The summed E-state index contributed by atoms with van der Waals surface area (Å²) in [6, 6.07) is 11.7. The van der Waals surface area contributed by atoms with Gasteiger partial charge in [0, 0.05) is 21.3 Å². The molecular formula is C17H14BrNO4. The molecule has 1 aliphatic heterocycles. The Kier molecular flexibility index (Phi) is 3.95. The Labute approximate surface area is 141 Å². The molecule has 23 heavy (non-hydrogen) atoms. The SMILES string of the molecule is COc1ccc2c(c1)[C@@](O)(CC(=O)c1ccc(Br)cc1)C(=O)N2. The summed E-state index contributed by atoms with van der Waals surface area (Å²) < 4.78 is 5.98. The van der Waals surface area contributed by atoms with Crippen LogP contribution in [0.25, 0.3) is 0 Å². The number of ketones is 1. The highest BCUT2D eigenvalue weighted by Crippen LogP contribution is 2.40. The minimum Gasteiger partial charge on any atom is -0.497 e. The molecule has 0 spiro atoms. The maximum absolute atomic E-state index is 12.4. The van der Waals surface area contributed by atoms with Crippen molar-refractivity contribution in [3.8, 4) is 5.75 Å². The zero-order valence-electron chi connectivity index (χ0n) is 12.3. The quantitative estimate of drug-likeness (QED) is 0.805. The summed E-state index contributed by atoms with van der Waals surface area (Å²) in [5.41, 5.74) is -0.617. The molecule has 1 aliphatic rings. The molecule has 2 aromatic rings. The molecule has 0 fully saturated rings. The second-order valence-corrected chi connectivity index (χ2v) is 6.25. The molecule has 118 valence electrons. The predicted molar refractivity (Wildman–Crippen MR) is 88.6 cm³/mol. The van der Waals surface area contributed by atoms with Gasteiger partial charge < -0.3 is 15.2 Å². The van der Waals surface area contributed by atoms with E-state index in [0.717, 1.165) is 4.47 Å². The van der Waals surface area contributed by atoms with Gasteiger partial charge in [0.1, 0.15) is 5.75 Å². The average molecular weight is 376 g/mol. The third kappa shape index (κ3) is 2.75. The summed E-state index contributed by atoms with van der Waals surface area (Å²) in [6.45, 7) is 0. The second-order valence-electron chi connectivity index (χ2n) is 5.33. The van der Waals surface area contributed by atoms with Gasteiger partial charge in [-0.15, -0.1) is 0 Å². The van der Waals surface area contributed by atoms with Crippen LogP contribution in [0.1, 0.15) is 22.3 Å². The molecule has 0 aliphatic carbocycles. The van der Waals surface area contributed by atoms with Crippen LogP contribution in [0, 0.1) is 0 Å². The van der Waals surface area contributed by atoms with E-state index in [1.165, 1.54) is 7.11 Å². The normalized spacial score (nSPS) is 19.2. The second kappa shape index (κ2) is 5.79. The molecule has 6 heteroatoms. The van der Waals surface area contributed by atoms with E-state index in [1.807, 2.05) is 0 Å². The highest BCUT2D eigenvalue weighted by molar-refractivity contribution is 9.10. The van der Waals surface area contributed by atoms with Gasteiger partial charge in [0.2, 0.25) is 0 Å².